The third-order valence-corrected chi connectivity index (χ3v) is 5.89. The zero-order chi connectivity index (χ0) is 22.1. The van der Waals surface area contributed by atoms with Gasteiger partial charge in [0.05, 0.1) is 24.4 Å². The summed E-state index contributed by atoms with van der Waals surface area (Å²) in [6, 6.07) is 21.8. The lowest BCUT2D eigenvalue weighted by Crippen LogP contribution is -2.45. The van der Waals surface area contributed by atoms with Crippen molar-refractivity contribution in [3.05, 3.63) is 101 Å². The average Bonchev–Trinajstić information content (AvgIpc) is 3.49. The fourth-order valence-electron chi connectivity index (χ4n) is 3.94. The molecule has 0 bridgehead atoms. The van der Waals surface area contributed by atoms with Crippen LogP contribution in [0.1, 0.15) is 35.7 Å². The molecule has 1 aliphatic heterocycles. The Hall–Kier alpha value is -3.71. The van der Waals surface area contributed by atoms with Crippen LogP contribution in [0.5, 0.6) is 0 Å². The maximum absolute atomic E-state index is 5.79. The molecule has 0 fully saturated rings. The Morgan fingerprint density at radius 1 is 1.03 bits per heavy atom. The quantitative estimate of drug-likeness (QED) is 0.409. The molecule has 0 aliphatic carbocycles. The minimum atomic E-state index is -0.206. The van der Waals surface area contributed by atoms with Crippen molar-refractivity contribution in [2.24, 2.45) is 0 Å². The summed E-state index contributed by atoms with van der Waals surface area (Å²) in [7, 11) is 0. The number of rotatable bonds is 5. The van der Waals surface area contributed by atoms with Gasteiger partial charge in [0.25, 0.3) is 5.89 Å². The molecule has 4 aromatic rings. The van der Waals surface area contributed by atoms with Gasteiger partial charge >= 0.3 is 0 Å². The molecule has 32 heavy (non-hydrogen) atoms. The molecule has 160 valence electrons. The number of hydrogen-bond acceptors (Lipinski definition) is 5. The topological polar surface area (TPSA) is 67.3 Å². The summed E-state index contributed by atoms with van der Waals surface area (Å²) in [6.07, 6.45) is 1.66. The fourth-order valence-corrected chi connectivity index (χ4v) is 4.26. The second-order valence-corrected chi connectivity index (χ2v) is 8.14. The molecule has 7 heteroatoms. The number of benzene rings is 2. The van der Waals surface area contributed by atoms with Crippen molar-refractivity contribution >= 4 is 22.9 Å². The first kappa shape index (κ1) is 20.2. The second kappa shape index (κ2) is 8.43. The Morgan fingerprint density at radius 2 is 1.88 bits per heavy atom. The molecule has 0 radical (unpaired) electrons. The highest BCUT2D eigenvalue weighted by atomic mass is 32.1. The highest BCUT2D eigenvalue weighted by Gasteiger charge is 2.34. The van der Waals surface area contributed by atoms with E-state index >= 15 is 0 Å². The summed E-state index contributed by atoms with van der Waals surface area (Å²) >= 11 is 5.73. The van der Waals surface area contributed by atoms with E-state index in [-0.39, 0.29) is 6.04 Å². The summed E-state index contributed by atoms with van der Waals surface area (Å²) in [6.45, 7) is 4.58. The molecule has 0 amide bonds. The van der Waals surface area contributed by atoms with Crippen molar-refractivity contribution in [3.63, 3.8) is 0 Å². The van der Waals surface area contributed by atoms with Crippen molar-refractivity contribution in [2.75, 3.05) is 0 Å². The number of aryl methyl sites for hydroxylation is 1. The normalized spacial score (nSPS) is 16.4. The molecular weight excluding hydrogens is 420 g/mol. The molecule has 6 nitrogen and oxygen atoms in total. The minimum absolute atomic E-state index is 0.206. The van der Waals surface area contributed by atoms with Gasteiger partial charge in [0.1, 0.15) is 5.76 Å². The van der Waals surface area contributed by atoms with Crippen LogP contribution in [0.15, 0.2) is 87.6 Å². The number of aromatic nitrogens is 2. The largest absolute Gasteiger partial charge is 0.467 e. The Labute approximate surface area is 191 Å². The van der Waals surface area contributed by atoms with Crippen molar-refractivity contribution in [1.29, 1.82) is 0 Å². The summed E-state index contributed by atoms with van der Waals surface area (Å²) in [5.74, 6) is 1.84. The van der Waals surface area contributed by atoms with E-state index in [9.17, 15) is 0 Å². The number of allylic oxidation sites excluding steroid dienone is 1. The summed E-state index contributed by atoms with van der Waals surface area (Å²) in [5.41, 5.74) is 4.96. The molecule has 5 rings (SSSR count). The summed E-state index contributed by atoms with van der Waals surface area (Å²) in [4.78, 5) is 6.76. The third kappa shape index (κ3) is 3.83. The van der Waals surface area contributed by atoms with Gasteiger partial charge in [-0.05, 0) is 49.8 Å². The van der Waals surface area contributed by atoms with Gasteiger partial charge in [0, 0.05) is 11.3 Å². The highest BCUT2D eigenvalue weighted by molar-refractivity contribution is 7.80. The predicted molar refractivity (Wildman–Crippen MR) is 126 cm³/mol. The Morgan fingerprint density at radius 3 is 2.62 bits per heavy atom. The molecular formula is C25H22N4O2S. The van der Waals surface area contributed by atoms with E-state index in [4.69, 9.17) is 26.1 Å². The molecule has 3 heterocycles. The molecule has 2 aromatic carbocycles. The van der Waals surface area contributed by atoms with Gasteiger partial charge in [0.2, 0.25) is 5.82 Å². The Kier molecular flexibility index (Phi) is 5.33. The van der Waals surface area contributed by atoms with Gasteiger partial charge in [-0.3, -0.25) is 0 Å². The van der Waals surface area contributed by atoms with Crippen molar-refractivity contribution in [1.82, 2.24) is 20.4 Å². The molecule has 0 saturated heterocycles. The van der Waals surface area contributed by atoms with Gasteiger partial charge in [-0.1, -0.05) is 59.3 Å². The molecule has 1 aliphatic rings. The van der Waals surface area contributed by atoms with E-state index in [1.807, 2.05) is 73.3 Å². The predicted octanol–water partition coefficient (Wildman–Crippen LogP) is 5.50. The summed E-state index contributed by atoms with van der Waals surface area (Å²) in [5, 5.41) is 8.35. The first-order valence-corrected chi connectivity index (χ1v) is 10.8. The number of hydrogen-bond donors (Lipinski definition) is 1. The van der Waals surface area contributed by atoms with Gasteiger partial charge in [0.15, 0.2) is 5.11 Å². The minimum Gasteiger partial charge on any atom is -0.467 e. The van der Waals surface area contributed by atoms with E-state index < -0.39 is 0 Å². The molecule has 0 spiro atoms. The summed E-state index contributed by atoms with van der Waals surface area (Å²) < 4.78 is 11.3. The highest BCUT2D eigenvalue weighted by Crippen LogP contribution is 2.37. The van der Waals surface area contributed by atoms with Crippen LogP contribution in [0.4, 0.5) is 0 Å². The van der Waals surface area contributed by atoms with Crippen molar-refractivity contribution in [2.45, 2.75) is 26.4 Å². The molecule has 0 saturated carbocycles. The van der Waals surface area contributed by atoms with E-state index in [2.05, 4.69) is 22.6 Å². The SMILES string of the molecule is CC1=C(c2nc(-c3cccc(C)c3)no2)C(c2ccccc2)NC(=S)N1Cc1ccco1. The van der Waals surface area contributed by atoms with Crippen molar-refractivity contribution in [3.8, 4) is 11.4 Å². The molecule has 1 atom stereocenters. The van der Waals surface area contributed by atoms with E-state index in [1.165, 1.54) is 0 Å². The lowest BCUT2D eigenvalue weighted by molar-refractivity contribution is 0.382. The maximum atomic E-state index is 5.79. The second-order valence-electron chi connectivity index (χ2n) is 7.75. The standard InChI is InChI=1S/C25H22N4O2S/c1-16-8-6-11-19(14-16)23-27-24(31-28-23)21-17(2)29(15-20-12-7-13-30-20)25(32)26-22(21)18-9-4-3-5-10-18/h3-14,22H,15H2,1-2H3,(H,26,32). The first-order chi connectivity index (χ1) is 15.6. The van der Waals surface area contributed by atoms with Crippen LogP contribution < -0.4 is 5.32 Å². The smallest absolute Gasteiger partial charge is 0.258 e. The van der Waals surface area contributed by atoms with Gasteiger partial charge < -0.3 is 19.2 Å². The first-order valence-electron chi connectivity index (χ1n) is 10.4. The van der Waals surface area contributed by atoms with Crippen LogP contribution >= 0.6 is 12.2 Å². The monoisotopic (exact) mass is 442 g/mol. The van der Waals surface area contributed by atoms with Gasteiger partial charge in [-0.25, -0.2) is 0 Å². The molecule has 2 aromatic heterocycles. The fraction of sp³-hybridized carbons (Fsp3) is 0.160. The van der Waals surface area contributed by atoms with Crippen LogP contribution in [0.25, 0.3) is 17.0 Å². The third-order valence-electron chi connectivity index (χ3n) is 5.56. The Bertz CT molecular complexity index is 1280. The van der Waals surface area contributed by atoms with Crippen LogP contribution in [0.3, 0.4) is 0 Å². The number of nitrogens with one attached hydrogen (secondary N) is 1. The zero-order valence-electron chi connectivity index (χ0n) is 17.8. The van der Waals surface area contributed by atoms with Crippen LogP contribution in [0.2, 0.25) is 0 Å². The number of nitrogens with zero attached hydrogens (tertiary/aromatic N) is 3. The number of thiocarbonyl (C=S) groups is 1. The lowest BCUT2D eigenvalue weighted by Gasteiger charge is -2.37. The van der Waals surface area contributed by atoms with E-state index in [1.54, 1.807) is 6.26 Å². The maximum Gasteiger partial charge on any atom is 0.258 e. The Balaban J connectivity index is 1.60. The van der Waals surface area contributed by atoms with Crippen LogP contribution in [0, 0.1) is 6.92 Å². The van der Waals surface area contributed by atoms with E-state index in [0.29, 0.717) is 23.4 Å². The molecule has 1 N–H and O–H groups in total. The van der Waals surface area contributed by atoms with Crippen LogP contribution in [-0.2, 0) is 6.54 Å². The van der Waals surface area contributed by atoms with E-state index in [0.717, 1.165) is 33.7 Å². The zero-order valence-corrected chi connectivity index (χ0v) is 18.6. The lowest BCUT2D eigenvalue weighted by atomic mass is 9.95. The van der Waals surface area contributed by atoms with Gasteiger partial charge in [-0.15, -0.1) is 0 Å². The average molecular weight is 443 g/mol. The van der Waals surface area contributed by atoms with Gasteiger partial charge in [-0.2, -0.15) is 4.98 Å². The van der Waals surface area contributed by atoms with Crippen molar-refractivity contribution < 1.29 is 8.94 Å². The molecule has 1 unspecified atom stereocenters. The number of furan rings is 1. The van der Waals surface area contributed by atoms with Crippen LogP contribution in [-0.4, -0.2) is 20.2 Å².